The molecule has 1 fully saturated rings. The monoisotopic (exact) mass is 433 g/mol. The van der Waals surface area contributed by atoms with Crippen LogP contribution in [-0.2, 0) is 9.92 Å². The fourth-order valence-corrected chi connectivity index (χ4v) is 6.56. The molecule has 0 aliphatic heterocycles. The van der Waals surface area contributed by atoms with Crippen molar-refractivity contribution in [1.82, 2.24) is 9.29 Å². The first-order valence-electron chi connectivity index (χ1n) is 10.8. The molecule has 0 spiro atoms. The van der Waals surface area contributed by atoms with Crippen LogP contribution < -0.4 is 4.72 Å². The lowest BCUT2D eigenvalue weighted by Gasteiger charge is -2.37. The highest BCUT2D eigenvalue weighted by Crippen LogP contribution is 2.38. The van der Waals surface area contributed by atoms with Crippen molar-refractivity contribution in [2.24, 2.45) is 4.36 Å². The van der Waals surface area contributed by atoms with E-state index in [1.807, 2.05) is 42.5 Å². The molecule has 1 saturated carbocycles. The normalized spacial score (nSPS) is 23.6. The van der Waals surface area contributed by atoms with Crippen molar-refractivity contribution < 1.29 is 9.32 Å². The number of aromatic nitrogens is 1. The maximum atomic E-state index is 13.6. The molecule has 1 aliphatic rings. The lowest BCUT2D eigenvalue weighted by molar-refractivity contribution is 0.0550. The van der Waals surface area contributed by atoms with Crippen molar-refractivity contribution in [3.05, 3.63) is 78.9 Å². The van der Waals surface area contributed by atoms with Crippen molar-refractivity contribution in [2.45, 2.75) is 42.3 Å². The lowest BCUT2D eigenvalue weighted by Crippen LogP contribution is -2.49. The van der Waals surface area contributed by atoms with E-state index in [0.717, 1.165) is 30.3 Å². The van der Waals surface area contributed by atoms with Gasteiger partial charge in [-0.3, -0.25) is 0 Å². The minimum atomic E-state index is -2.81. The van der Waals surface area contributed by atoms with Gasteiger partial charge in [0.15, 0.2) is 0 Å². The van der Waals surface area contributed by atoms with Crippen LogP contribution in [-0.4, -0.2) is 33.1 Å². The van der Waals surface area contributed by atoms with Gasteiger partial charge in [0.1, 0.15) is 9.92 Å². The van der Waals surface area contributed by atoms with Crippen LogP contribution in [0.5, 0.6) is 0 Å². The van der Waals surface area contributed by atoms with Gasteiger partial charge in [-0.1, -0.05) is 54.6 Å². The van der Waals surface area contributed by atoms with E-state index in [-0.39, 0.29) is 12.1 Å². The summed E-state index contributed by atoms with van der Waals surface area (Å²) in [5.41, 5.74) is 2.25. The second-order valence-corrected chi connectivity index (χ2v) is 10.3. The Morgan fingerprint density at radius 1 is 0.903 bits per heavy atom. The third-order valence-electron chi connectivity index (χ3n) is 6.40. The molecule has 2 N–H and O–H groups in total. The Morgan fingerprint density at radius 2 is 1.48 bits per heavy atom. The first-order chi connectivity index (χ1) is 15.1. The number of hydrogen-bond donors (Lipinski definition) is 2. The van der Waals surface area contributed by atoms with Crippen molar-refractivity contribution in [3.63, 3.8) is 0 Å². The van der Waals surface area contributed by atoms with E-state index in [0.29, 0.717) is 4.90 Å². The van der Waals surface area contributed by atoms with E-state index in [1.165, 1.54) is 10.8 Å². The molecule has 160 valence electrons. The van der Waals surface area contributed by atoms with Gasteiger partial charge in [-0.05, 0) is 43.5 Å². The lowest BCUT2D eigenvalue weighted by atomic mass is 9.88. The third kappa shape index (κ3) is 3.45. The molecule has 4 aromatic rings. The molecule has 6 heteroatoms. The van der Waals surface area contributed by atoms with Gasteiger partial charge in [-0.15, -0.1) is 0 Å². The molecule has 5 rings (SSSR count). The summed E-state index contributed by atoms with van der Waals surface area (Å²) >= 11 is 0. The summed E-state index contributed by atoms with van der Waals surface area (Å²) in [5, 5.41) is 13.9. The van der Waals surface area contributed by atoms with E-state index in [2.05, 4.69) is 50.1 Å². The van der Waals surface area contributed by atoms with Crippen LogP contribution in [0.25, 0.3) is 21.8 Å². The quantitative estimate of drug-likeness (QED) is 0.480. The van der Waals surface area contributed by atoms with Crippen LogP contribution in [0.3, 0.4) is 0 Å². The number of benzene rings is 3. The highest BCUT2D eigenvalue weighted by molar-refractivity contribution is 7.91. The SMILES string of the molecule is CN=S(=O)(NC1CCCC(n2c3ccccc3c3ccccc32)C1O)c1ccccc1. The minimum absolute atomic E-state index is 0.104. The molecular formula is C25H27N3O2S. The largest absolute Gasteiger partial charge is 0.389 e. The summed E-state index contributed by atoms with van der Waals surface area (Å²) in [4.78, 5) is 0.642. The molecule has 5 nitrogen and oxygen atoms in total. The summed E-state index contributed by atoms with van der Waals surface area (Å²) in [6, 6.07) is 25.5. The Hall–Kier alpha value is -2.67. The van der Waals surface area contributed by atoms with E-state index in [1.54, 1.807) is 7.05 Å². The van der Waals surface area contributed by atoms with E-state index < -0.39 is 16.0 Å². The molecule has 4 atom stereocenters. The van der Waals surface area contributed by atoms with Crippen molar-refractivity contribution in [2.75, 3.05) is 7.05 Å². The van der Waals surface area contributed by atoms with Gasteiger partial charge in [-0.2, -0.15) is 0 Å². The molecule has 0 bridgehead atoms. The molecule has 1 heterocycles. The van der Waals surface area contributed by atoms with Crippen LogP contribution in [0, 0.1) is 0 Å². The van der Waals surface area contributed by atoms with Crippen LogP contribution in [0.4, 0.5) is 0 Å². The second-order valence-electron chi connectivity index (χ2n) is 8.14. The number of para-hydroxylation sites is 2. The van der Waals surface area contributed by atoms with E-state index >= 15 is 0 Å². The first kappa shape index (κ1) is 20.2. The zero-order chi connectivity index (χ0) is 21.4. The number of rotatable bonds is 4. The number of hydrogen-bond acceptors (Lipinski definition) is 3. The van der Waals surface area contributed by atoms with Gasteiger partial charge in [0.25, 0.3) is 0 Å². The average Bonchev–Trinajstić information content (AvgIpc) is 3.15. The third-order valence-corrected chi connectivity index (χ3v) is 8.45. The van der Waals surface area contributed by atoms with Crippen molar-refractivity contribution in [3.8, 4) is 0 Å². The van der Waals surface area contributed by atoms with Crippen LogP contribution in [0.15, 0.2) is 88.1 Å². The highest BCUT2D eigenvalue weighted by atomic mass is 32.2. The summed E-state index contributed by atoms with van der Waals surface area (Å²) < 4.78 is 23.3. The number of aliphatic hydroxyl groups is 1. The fourth-order valence-electron chi connectivity index (χ4n) is 4.91. The Balaban J connectivity index is 1.55. The van der Waals surface area contributed by atoms with Gasteiger partial charge in [0.05, 0.1) is 17.0 Å². The smallest absolute Gasteiger partial charge is 0.137 e. The summed E-state index contributed by atoms with van der Waals surface area (Å²) in [7, 11) is -1.24. The van der Waals surface area contributed by atoms with Crippen LogP contribution >= 0.6 is 0 Å². The molecule has 0 saturated heterocycles. The number of nitrogens with zero attached hydrogens (tertiary/aromatic N) is 2. The molecule has 0 radical (unpaired) electrons. The van der Waals surface area contributed by atoms with Gasteiger partial charge in [0, 0.05) is 34.9 Å². The standard InChI is InChI=1S/C25H27N3O2S/c1-26-31(30,18-10-3-2-4-11-18)27-21-14-9-17-24(25(21)29)28-22-15-7-5-12-19(22)20-13-6-8-16-23(20)28/h2-8,10-13,15-16,21,24-25,29H,9,14,17H2,1H3,(H,26,27,30). The minimum Gasteiger partial charge on any atom is -0.389 e. The molecule has 31 heavy (non-hydrogen) atoms. The number of aliphatic hydroxyl groups excluding tert-OH is 1. The van der Waals surface area contributed by atoms with Gasteiger partial charge < -0.3 is 9.67 Å². The Labute approximate surface area is 183 Å². The van der Waals surface area contributed by atoms with Crippen LogP contribution in [0.1, 0.15) is 25.3 Å². The maximum Gasteiger partial charge on any atom is 0.137 e. The zero-order valence-corrected chi connectivity index (χ0v) is 18.3. The molecule has 3 aromatic carbocycles. The zero-order valence-electron chi connectivity index (χ0n) is 17.5. The topological polar surface area (TPSA) is 66.6 Å². The predicted octanol–water partition coefficient (Wildman–Crippen LogP) is 4.91. The summed E-state index contributed by atoms with van der Waals surface area (Å²) in [6.07, 6.45) is 1.89. The Kier molecular flexibility index (Phi) is 5.30. The Morgan fingerprint density at radius 3 is 2.10 bits per heavy atom. The highest BCUT2D eigenvalue weighted by Gasteiger charge is 2.36. The Bertz CT molecular complexity index is 1290. The fraction of sp³-hybridized carbons (Fsp3) is 0.280. The van der Waals surface area contributed by atoms with Gasteiger partial charge in [-0.25, -0.2) is 13.3 Å². The predicted molar refractivity (Wildman–Crippen MR) is 126 cm³/mol. The molecular weight excluding hydrogens is 406 g/mol. The van der Waals surface area contributed by atoms with Gasteiger partial charge in [0.2, 0.25) is 0 Å². The summed E-state index contributed by atoms with van der Waals surface area (Å²) in [6.45, 7) is 0. The van der Waals surface area contributed by atoms with Crippen molar-refractivity contribution >= 4 is 31.7 Å². The van der Waals surface area contributed by atoms with E-state index in [4.69, 9.17) is 0 Å². The van der Waals surface area contributed by atoms with Crippen molar-refractivity contribution in [1.29, 1.82) is 0 Å². The average molecular weight is 434 g/mol. The first-order valence-corrected chi connectivity index (χ1v) is 12.3. The molecule has 1 aromatic heterocycles. The molecule has 0 amide bonds. The number of nitrogens with one attached hydrogen (secondary N) is 1. The maximum absolute atomic E-state index is 13.6. The van der Waals surface area contributed by atoms with E-state index in [9.17, 15) is 9.32 Å². The second kappa shape index (κ2) is 8.11. The summed E-state index contributed by atoms with van der Waals surface area (Å²) in [5.74, 6) is 0. The molecule has 4 unspecified atom stereocenters. The van der Waals surface area contributed by atoms with Gasteiger partial charge >= 0.3 is 0 Å². The van der Waals surface area contributed by atoms with Crippen LogP contribution in [0.2, 0.25) is 0 Å². The molecule has 1 aliphatic carbocycles. The number of fused-ring (bicyclic) bond motifs is 3.